The van der Waals surface area contributed by atoms with Crippen LogP contribution in [-0.2, 0) is 16.0 Å². The van der Waals surface area contributed by atoms with Crippen LogP contribution in [0.3, 0.4) is 0 Å². The number of fused-ring (bicyclic) bond motifs is 1. The Kier molecular flexibility index (Phi) is 3.13. The number of esters is 1. The van der Waals surface area contributed by atoms with Crippen LogP contribution in [0.4, 0.5) is 5.69 Å². The summed E-state index contributed by atoms with van der Waals surface area (Å²) < 4.78 is 4.74. The van der Waals surface area contributed by atoms with E-state index in [2.05, 4.69) is 23.1 Å². The molecular formula is C13H17NO2. The molecule has 3 heteroatoms. The maximum Gasteiger partial charge on any atom is 0.310 e. The normalized spacial score (nSPS) is 15.8. The van der Waals surface area contributed by atoms with Crippen molar-refractivity contribution in [2.75, 3.05) is 25.1 Å². The van der Waals surface area contributed by atoms with Gasteiger partial charge >= 0.3 is 5.97 Å². The van der Waals surface area contributed by atoms with E-state index in [-0.39, 0.29) is 11.9 Å². The number of benzene rings is 1. The van der Waals surface area contributed by atoms with E-state index in [1.165, 1.54) is 18.4 Å². The van der Waals surface area contributed by atoms with Crippen LogP contribution in [0.5, 0.6) is 0 Å². The van der Waals surface area contributed by atoms with Crippen molar-refractivity contribution < 1.29 is 9.53 Å². The zero-order valence-corrected chi connectivity index (χ0v) is 9.77. The van der Waals surface area contributed by atoms with Crippen LogP contribution in [-0.4, -0.2) is 26.2 Å². The largest absolute Gasteiger partial charge is 0.469 e. The maximum atomic E-state index is 11.4. The summed E-state index contributed by atoms with van der Waals surface area (Å²) in [5.41, 5.74) is 2.64. The molecule has 0 saturated heterocycles. The Balaban J connectivity index is 2.06. The van der Waals surface area contributed by atoms with E-state index in [0.29, 0.717) is 0 Å². The fourth-order valence-corrected chi connectivity index (χ4v) is 2.20. The summed E-state index contributed by atoms with van der Waals surface area (Å²) in [5, 5.41) is 0. The zero-order chi connectivity index (χ0) is 11.5. The third kappa shape index (κ3) is 2.03. The summed E-state index contributed by atoms with van der Waals surface area (Å²) in [7, 11) is 1.44. The molecule has 0 spiro atoms. The van der Waals surface area contributed by atoms with Crippen LogP contribution >= 0.6 is 0 Å². The number of carbonyl (C=O) groups is 1. The monoisotopic (exact) mass is 219 g/mol. The highest BCUT2D eigenvalue weighted by molar-refractivity contribution is 5.73. The minimum absolute atomic E-state index is 0.0730. The summed E-state index contributed by atoms with van der Waals surface area (Å²) in [5.74, 6) is -0.208. The first-order chi connectivity index (χ1) is 7.72. The highest BCUT2D eigenvalue weighted by Crippen LogP contribution is 2.27. The number of ether oxygens (including phenoxy) is 1. The van der Waals surface area contributed by atoms with Crippen molar-refractivity contribution in [3.8, 4) is 0 Å². The van der Waals surface area contributed by atoms with Gasteiger partial charge < -0.3 is 9.64 Å². The number of para-hydroxylation sites is 1. The molecule has 1 aromatic rings. The van der Waals surface area contributed by atoms with E-state index in [0.717, 1.165) is 19.5 Å². The van der Waals surface area contributed by atoms with Gasteiger partial charge in [0.2, 0.25) is 0 Å². The van der Waals surface area contributed by atoms with Gasteiger partial charge in [-0.05, 0) is 18.1 Å². The van der Waals surface area contributed by atoms with Crippen LogP contribution in [0.25, 0.3) is 0 Å². The van der Waals surface area contributed by atoms with Gasteiger partial charge in [0, 0.05) is 18.8 Å². The highest BCUT2D eigenvalue weighted by Gasteiger charge is 2.23. The molecule has 0 aromatic heterocycles. The van der Waals surface area contributed by atoms with Crippen molar-refractivity contribution in [1.29, 1.82) is 0 Å². The van der Waals surface area contributed by atoms with Gasteiger partial charge in [0.15, 0.2) is 0 Å². The fourth-order valence-electron chi connectivity index (χ4n) is 2.20. The Labute approximate surface area is 96.0 Å². The van der Waals surface area contributed by atoms with E-state index >= 15 is 0 Å². The molecule has 1 unspecified atom stereocenters. The molecule has 2 rings (SSSR count). The molecule has 1 aliphatic rings. The molecule has 0 radical (unpaired) electrons. The summed E-state index contributed by atoms with van der Waals surface area (Å²) in [6.07, 6.45) is 1.07. The molecule has 16 heavy (non-hydrogen) atoms. The number of rotatable bonds is 3. The average Bonchev–Trinajstić information content (AvgIpc) is 2.72. The molecule has 1 aromatic carbocycles. The van der Waals surface area contributed by atoms with Gasteiger partial charge in [-0.3, -0.25) is 4.79 Å². The predicted octanol–water partition coefficient (Wildman–Crippen LogP) is 1.86. The standard InChI is InChI=1S/C13H17NO2/c1-10(13(15)16-2)9-14-8-7-11-5-3-4-6-12(11)14/h3-6,10H,7-9H2,1-2H3. The Morgan fingerprint density at radius 1 is 1.50 bits per heavy atom. The second kappa shape index (κ2) is 4.56. The number of anilines is 1. The van der Waals surface area contributed by atoms with E-state index in [1.54, 1.807) is 0 Å². The second-order valence-electron chi connectivity index (χ2n) is 4.25. The predicted molar refractivity (Wildman–Crippen MR) is 63.5 cm³/mol. The van der Waals surface area contributed by atoms with Gasteiger partial charge in [-0.25, -0.2) is 0 Å². The molecule has 1 aliphatic heterocycles. The topological polar surface area (TPSA) is 29.5 Å². The van der Waals surface area contributed by atoms with Crippen LogP contribution < -0.4 is 4.90 Å². The second-order valence-corrected chi connectivity index (χ2v) is 4.25. The average molecular weight is 219 g/mol. The Morgan fingerprint density at radius 3 is 3.00 bits per heavy atom. The molecule has 0 aliphatic carbocycles. The quantitative estimate of drug-likeness (QED) is 0.727. The molecule has 0 bridgehead atoms. The molecular weight excluding hydrogens is 202 g/mol. The van der Waals surface area contributed by atoms with E-state index in [4.69, 9.17) is 4.74 Å². The molecule has 0 amide bonds. The van der Waals surface area contributed by atoms with Crippen molar-refractivity contribution in [2.24, 2.45) is 5.92 Å². The minimum Gasteiger partial charge on any atom is -0.469 e. The van der Waals surface area contributed by atoms with Crippen LogP contribution in [0.2, 0.25) is 0 Å². The highest BCUT2D eigenvalue weighted by atomic mass is 16.5. The van der Waals surface area contributed by atoms with Crippen molar-refractivity contribution in [2.45, 2.75) is 13.3 Å². The van der Waals surface area contributed by atoms with Gasteiger partial charge in [0.05, 0.1) is 13.0 Å². The van der Waals surface area contributed by atoms with E-state index in [9.17, 15) is 4.79 Å². The van der Waals surface area contributed by atoms with Crippen molar-refractivity contribution in [3.63, 3.8) is 0 Å². The third-order valence-electron chi connectivity index (χ3n) is 3.08. The first-order valence-corrected chi connectivity index (χ1v) is 5.63. The van der Waals surface area contributed by atoms with Gasteiger partial charge in [-0.15, -0.1) is 0 Å². The number of hydrogen-bond acceptors (Lipinski definition) is 3. The number of methoxy groups -OCH3 is 1. The van der Waals surface area contributed by atoms with Crippen LogP contribution in [0.1, 0.15) is 12.5 Å². The molecule has 1 heterocycles. The maximum absolute atomic E-state index is 11.4. The first kappa shape index (κ1) is 11.0. The molecule has 0 N–H and O–H groups in total. The molecule has 0 saturated carbocycles. The molecule has 0 fully saturated rings. The zero-order valence-electron chi connectivity index (χ0n) is 9.77. The first-order valence-electron chi connectivity index (χ1n) is 5.63. The number of carbonyl (C=O) groups excluding carboxylic acids is 1. The van der Waals surface area contributed by atoms with Gasteiger partial charge in [-0.2, -0.15) is 0 Å². The summed E-state index contributed by atoms with van der Waals surface area (Å²) in [6, 6.07) is 8.37. The molecule has 3 nitrogen and oxygen atoms in total. The Bertz CT molecular complexity index is 389. The Hall–Kier alpha value is -1.51. The lowest BCUT2D eigenvalue weighted by molar-refractivity contribution is -0.144. The third-order valence-corrected chi connectivity index (χ3v) is 3.08. The number of hydrogen-bond donors (Lipinski definition) is 0. The lowest BCUT2D eigenvalue weighted by Crippen LogP contribution is -2.31. The minimum atomic E-state index is -0.135. The SMILES string of the molecule is COC(=O)C(C)CN1CCc2ccccc21. The summed E-state index contributed by atoms with van der Waals surface area (Å²) in [4.78, 5) is 13.6. The summed E-state index contributed by atoms with van der Waals surface area (Å²) >= 11 is 0. The van der Waals surface area contributed by atoms with Crippen molar-refractivity contribution in [1.82, 2.24) is 0 Å². The van der Waals surface area contributed by atoms with Gasteiger partial charge in [-0.1, -0.05) is 25.1 Å². The molecule has 1 atom stereocenters. The Morgan fingerprint density at radius 2 is 2.25 bits per heavy atom. The van der Waals surface area contributed by atoms with Crippen molar-refractivity contribution in [3.05, 3.63) is 29.8 Å². The fraction of sp³-hybridized carbons (Fsp3) is 0.462. The van der Waals surface area contributed by atoms with Gasteiger partial charge in [0.25, 0.3) is 0 Å². The number of nitrogens with zero attached hydrogens (tertiary/aromatic N) is 1. The van der Waals surface area contributed by atoms with Crippen LogP contribution in [0, 0.1) is 5.92 Å². The lowest BCUT2D eigenvalue weighted by atomic mass is 10.1. The van der Waals surface area contributed by atoms with E-state index < -0.39 is 0 Å². The lowest BCUT2D eigenvalue weighted by Gasteiger charge is -2.22. The van der Waals surface area contributed by atoms with E-state index in [1.807, 2.05) is 13.0 Å². The molecule has 86 valence electrons. The summed E-state index contributed by atoms with van der Waals surface area (Å²) in [6.45, 7) is 3.65. The van der Waals surface area contributed by atoms with Gasteiger partial charge in [0.1, 0.15) is 0 Å². The van der Waals surface area contributed by atoms with Crippen molar-refractivity contribution >= 4 is 11.7 Å². The smallest absolute Gasteiger partial charge is 0.310 e. The van der Waals surface area contributed by atoms with Crippen LogP contribution in [0.15, 0.2) is 24.3 Å².